The van der Waals surface area contributed by atoms with E-state index in [1.54, 1.807) is 18.3 Å². The number of aryl methyl sites for hydroxylation is 1. The van der Waals surface area contributed by atoms with Crippen LogP contribution in [0.4, 0.5) is 5.82 Å². The number of rotatable bonds is 6. The van der Waals surface area contributed by atoms with Crippen molar-refractivity contribution in [2.24, 2.45) is 5.84 Å². The van der Waals surface area contributed by atoms with Gasteiger partial charge in [0.2, 0.25) is 0 Å². The minimum atomic E-state index is 0.581. The van der Waals surface area contributed by atoms with Crippen molar-refractivity contribution in [1.82, 2.24) is 4.98 Å². The molecule has 19 heavy (non-hydrogen) atoms. The van der Waals surface area contributed by atoms with Gasteiger partial charge in [0.1, 0.15) is 17.3 Å². The fraction of sp³-hybridized carbons (Fsp3) is 0.267. The average molecular weight is 257 g/mol. The lowest BCUT2D eigenvalue weighted by Gasteiger charge is -2.07. The summed E-state index contributed by atoms with van der Waals surface area (Å²) < 4.78 is 5.74. The van der Waals surface area contributed by atoms with Gasteiger partial charge in [-0.3, -0.25) is 0 Å². The van der Waals surface area contributed by atoms with E-state index in [1.165, 1.54) is 18.4 Å². The second-order valence-corrected chi connectivity index (χ2v) is 4.37. The van der Waals surface area contributed by atoms with Gasteiger partial charge in [-0.05, 0) is 36.6 Å². The zero-order valence-corrected chi connectivity index (χ0v) is 11.1. The highest BCUT2D eigenvalue weighted by Crippen LogP contribution is 2.23. The first-order valence-corrected chi connectivity index (χ1v) is 6.51. The number of benzene rings is 1. The normalized spacial score (nSPS) is 10.2. The molecule has 0 amide bonds. The lowest BCUT2D eigenvalue weighted by molar-refractivity contribution is 0.482. The summed E-state index contributed by atoms with van der Waals surface area (Å²) in [7, 11) is 0. The van der Waals surface area contributed by atoms with Gasteiger partial charge >= 0.3 is 0 Å². The second-order valence-electron chi connectivity index (χ2n) is 4.37. The molecule has 1 aromatic carbocycles. The van der Waals surface area contributed by atoms with Gasteiger partial charge in [-0.2, -0.15) is 0 Å². The monoisotopic (exact) mass is 257 g/mol. The molecule has 1 aromatic heterocycles. The highest BCUT2D eigenvalue weighted by molar-refractivity contribution is 5.41. The summed E-state index contributed by atoms with van der Waals surface area (Å²) in [5, 5.41) is 0. The summed E-state index contributed by atoms with van der Waals surface area (Å²) in [5.41, 5.74) is 3.84. The van der Waals surface area contributed by atoms with Gasteiger partial charge < -0.3 is 10.2 Å². The standard InChI is InChI=1S/C15H19N3O/c1-2-3-4-12-5-7-13(8-6-12)19-14-9-10-17-15(11-14)18-16/h5-11H,2-4,16H2,1H3,(H,17,18). The first-order valence-electron chi connectivity index (χ1n) is 6.51. The number of nitrogen functional groups attached to an aromatic ring is 1. The molecule has 0 fully saturated rings. The molecule has 100 valence electrons. The van der Waals surface area contributed by atoms with Crippen molar-refractivity contribution in [1.29, 1.82) is 0 Å². The maximum Gasteiger partial charge on any atom is 0.143 e. The predicted molar refractivity (Wildman–Crippen MR) is 77.2 cm³/mol. The number of nitrogens with two attached hydrogens (primary N) is 1. The maximum absolute atomic E-state index is 5.74. The van der Waals surface area contributed by atoms with Crippen molar-refractivity contribution >= 4 is 5.82 Å². The first kappa shape index (κ1) is 13.4. The van der Waals surface area contributed by atoms with Crippen LogP contribution >= 0.6 is 0 Å². The lowest BCUT2D eigenvalue weighted by Crippen LogP contribution is -2.08. The Hall–Kier alpha value is -2.07. The molecule has 0 aliphatic heterocycles. The Labute approximate surface area is 113 Å². The minimum absolute atomic E-state index is 0.581. The number of aromatic nitrogens is 1. The van der Waals surface area contributed by atoms with Crippen LogP contribution in [0, 0.1) is 0 Å². The molecule has 0 atom stereocenters. The molecular weight excluding hydrogens is 238 g/mol. The van der Waals surface area contributed by atoms with Crippen molar-refractivity contribution < 1.29 is 4.74 Å². The van der Waals surface area contributed by atoms with Gasteiger partial charge in [0, 0.05) is 12.3 Å². The molecule has 0 bridgehead atoms. The molecule has 2 rings (SSSR count). The highest BCUT2D eigenvalue weighted by Gasteiger charge is 2.00. The Morgan fingerprint density at radius 3 is 2.63 bits per heavy atom. The summed E-state index contributed by atoms with van der Waals surface area (Å²) in [6.45, 7) is 2.20. The summed E-state index contributed by atoms with van der Waals surface area (Å²) in [6, 6.07) is 11.7. The fourth-order valence-electron chi connectivity index (χ4n) is 1.79. The van der Waals surface area contributed by atoms with Gasteiger partial charge in [-0.1, -0.05) is 25.5 Å². The Balaban J connectivity index is 2.02. The van der Waals surface area contributed by atoms with E-state index in [0.29, 0.717) is 11.6 Å². The molecule has 4 nitrogen and oxygen atoms in total. The van der Waals surface area contributed by atoms with E-state index in [0.717, 1.165) is 12.2 Å². The van der Waals surface area contributed by atoms with Gasteiger partial charge in [0.25, 0.3) is 0 Å². The molecule has 1 heterocycles. The van der Waals surface area contributed by atoms with E-state index in [4.69, 9.17) is 10.6 Å². The summed E-state index contributed by atoms with van der Waals surface area (Å²) in [4.78, 5) is 4.03. The zero-order valence-electron chi connectivity index (χ0n) is 11.1. The van der Waals surface area contributed by atoms with Crippen molar-refractivity contribution in [2.45, 2.75) is 26.2 Å². The van der Waals surface area contributed by atoms with E-state index in [9.17, 15) is 0 Å². The average Bonchev–Trinajstić information content (AvgIpc) is 2.47. The minimum Gasteiger partial charge on any atom is -0.457 e. The van der Waals surface area contributed by atoms with Crippen molar-refractivity contribution in [2.75, 3.05) is 5.43 Å². The molecule has 0 spiro atoms. The van der Waals surface area contributed by atoms with Crippen LogP contribution in [-0.4, -0.2) is 4.98 Å². The van der Waals surface area contributed by atoms with Crippen molar-refractivity contribution in [3.8, 4) is 11.5 Å². The molecule has 0 aliphatic rings. The lowest BCUT2D eigenvalue weighted by atomic mass is 10.1. The third kappa shape index (κ3) is 3.96. The van der Waals surface area contributed by atoms with Gasteiger partial charge in [-0.15, -0.1) is 0 Å². The molecular formula is C15H19N3O. The topological polar surface area (TPSA) is 60.2 Å². The van der Waals surface area contributed by atoms with Crippen LogP contribution in [0.2, 0.25) is 0 Å². The first-order chi connectivity index (χ1) is 9.31. The maximum atomic E-state index is 5.74. The van der Waals surface area contributed by atoms with Crippen LogP contribution in [-0.2, 0) is 6.42 Å². The van der Waals surface area contributed by atoms with E-state index in [1.807, 2.05) is 12.1 Å². The number of hydrogen-bond donors (Lipinski definition) is 2. The van der Waals surface area contributed by atoms with Gasteiger partial charge in [-0.25, -0.2) is 10.8 Å². The number of ether oxygens (including phenoxy) is 1. The summed E-state index contributed by atoms with van der Waals surface area (Å²) in [6.07, 6.45) is 5.20. The van der Waals surface area contributed by atoms with E-state index in [2.05, 4.69) is 29.5 Å². The third-order valence-corrected chi connectivity index (χ3v) is 2.86. The zero-order chi connectivity index (χ0) is 13.5. The quantitative estimate of drug-likeness (QED) is 0.614. The molecule has 0 unspecified atom stereocenters. The number of anilines is 1. The van der Waals surface area contributed by atoms with Crippen LogP contribution in [0.5, 0.6) is 11.5 Å². The molecule has 3 N–H and O–H groups in total. The molecule has 4 heteroatoms. The number of nitrogens with zero attached hydrogens (tertiary/aromatic N) is 1. The number of nitrogens with one attached hydrogen (secondary N) is 1. The molecule has 0 saturated carbocycles. The number of hydrogen-bond acceptors (Lipinski definition) is 4. The van der Waals surface area contributed by atoms with Crippen LogP contribution in [0.25, 0.3) is 0 Å². The largest absolute Gasteiger partial charge is 0.457 e. The van der Waals surface area contributed by atoms with Crippen LogP contribution in [0.1, 0.15) is 25.3 Å². The van der Waals surface area contributed by atoms with Gasteiger partial charge in [0.05, 0.1) is 0 Å². The van der Waals surface area contributed by atoms with Crippen molar-refractivity contribution in [3.63, 3.8) is 0 Å². The summed E-state index contributed by atoms with van der Waals surface area (Å²) in [5.74, 6) is 7.42. The van der Waals surface area contributed by atoms with Crippen molar-refractivity contribution in [3.05, 3.63) is 48.2 Å². The predicted octanol–water partition coefficient (Wildman–Crippen LogP) is 3.50. The Morgan fingerprint density at radius 2 is 1.95 bits per heavy atom. The van der Waals surface area contributed by atoms with Crippen LogP contribution in [0.15, 0.2) is 42.6 Å². The number of hydrazine groups is 1. The smallest absolute Gasteiger partial charge is 0.143 e. The number of pyridine rings is 1. The van der Waals surface area contributed by atoms with Crippen LogP contribution in [0.3, 0.4) is 0 Å². The molecule has 0 radical (unpaired) electrons. The van der Waals surface area contributed by atoms with E-state index >= 15 is 0 Å². The number of unbranched alkanes of at least 4 members (excludes halogenated alkanes) is 1. The summed E-state index contributed by atoms with van der Waals surface area (Å²) >= 11 is 0. The molecule has 0 saturated heterocycles. The van der Waals surface area contributed by atoms with Gasteiger partial charge in [0.15, 0.2) is 0 Å². The Bertz CT molecular complexity index is 511. The Morgan fingerprint density at radius 1 is 1.16 bits per heavy atom. The third-order valence-electron chi connectivity index (χ3n) is 2.86. The van der Waals surface area contributed by atoms with Crippen LogP contribution < -0.4 is 16.0 Å². The molecule has 2 aromatic rings. The SMILES string of the molecule is CCCCc1ccc(Oc2ccnc(NN)c2)cc1. The Kier molecular flexibility index (Phi) is 4.75. The van der Waals surface area contributed by atoms with E-state index in [-0.39, 0.29) is 0 Å². The highest BCUT2D eigenvalue weighted by atomic mass is 16.5. The van der Waals surface area contributed by atoms with E-state index < -0.39 is 0 Å². The fourth-order valence-corrected chi connectivity index (χ4v) is 1.79. The molecule has 0 aliphatic carbocycles. The second kappa shape index (κ2) is 6.75.